The third-order valence-electron chi connectivity index (χ3n) is 4.84. The van der Waals surface area contributed by atoms with Gasteiger partial charge in [0.05, 0.1) is 30.9 Å². The Morgan fingerprint density at radius 1 is 1.03 bits per heavy atom. The summed E-state index contributed by atoms with van der Waals surface area (Å²) >= 11 is 8.24. The monoisotopic (exact) mass is 521 g/mol. The van der Waals surface area contributed by atoms with Gasteiger partial charge >= 0.3 is 0 Å². The molecule has 0 spiro atoms. The number of para-hydroxylation sites is 2. The molecule has 0 atom stereocenters. The molecule has 0 saturated carbocycles. The number of nitrogens with one attached hydrogen (secondary N) is 3. The number of hydrogen-bond acceptors (Lipinski definition) is 10. The Balaban J connectivity index is 1.56. The summed E-state index contributed by atoms with van der Waals surface area (Å²) in [5.74, 6) is 3.99. The van der Waals surface area contributed by atoms with E-state index in [2.05, 4.69) is 35.2 Å². The molecule has 1 aromatic carbocycles. The lowest BCUT2D eigenvalue weighted by Gasteiger charge is -2.27. The smallest absolute Gasteiger partial charge is 0.239 e. The summed E-state index contributed by atoms with van der Waals surface area (Å²) in [7, 11) is -1.90. The molecule has 3 N–H and O–H groups in total. The third-order valence-corrected chi connectivity index (χ3v) is 6.65. The minimum Gasteiger partial charge on any atom is -0.479 e. The lowest BCUT2D eigenvalue weighted by atomic mass is 10.2. The minimum absolute atomic E-state index is 0.266. The fraction of sp³-hybridized carbons (Fsp3) is 0.286. The van der Waals surface area contributed by atoms with E-state index >= 15 is 0 Å². The van der Waals surface area contributed by atoms with Crippen LogP contribution in [-0.2, 0) is 10.0 Å². The van der Waals surface area contributed by atoms with Crippen LogP contribution in [0.1, 0.15) is 0 Å². The van der Waals surface area contributed by atoms with Crippen molar-refractivity contribution in [3.63, 3.8) is 0 Å². The van der Waals surface area contributed by atoms with Crippen LogP contribution in [0.15, 0.2) is 42.6 Å². The second kappa shape index (κ2) is 10.5. The van der Waals surface area contributed by atoms with E-state index in [9.17, 15) is 8.42 Å². The topological polar surface area (TPSA) is 121 Å². The second-order valence-corrected chi connectivity index (χ2v) is 10.8. The van der Waals surface area contributed by atoms with Gasteiger partial charge in [0.25, 0.3) is 0 Å². The van der Waals surface area contributed by atoms with Crippen molar-refractivity contribution < 1.29 is 13.2 Å². The highest BCUT2D eigenvalue weighted by Gasteiger charge is 2.16. The minimum atomic E-state index is -3.46. The number of aromatic nitrogens is 3. The fourth-order valence-corrected chi connectivity index (χ4v) is 4.91. The van der Waals surface area contributed by atoms with Gasteiger partial charge in [-0.1, -0.05) is 23.7 Å². The summed E-state index contributed by atoms with van der Waals surface area (Å²) < 4.78 is 31.3. The number of rotatable bonds is 8. The maximum absolute atomic E-state index is 11.7. The number of thioether (sulfide) groups is 1. The molecule has 0 radical (unpaired) electrons. The molecule has 3 aromatic rings. The predicted octanol–water partition coefficient (Wildman–Crippen LogP) is 3.95. The maximum atomic E-state index is 11.7. The Kier molecular flexibility index (Phi) is 7.49. The zero-order valence-corrected chi connectivity index (χ0v) is 21.0. The number of anilines is 6. The number of sulfonamides is 1. The third kappa shape index (κ3) is 6.13. The van der Waals surface area contributed by atoms with Crippen LogP contribution in [0.25, 0.3) is 0 Å². The van der Waals surface area contributed by atoms with E-state index in [0.29, 0.717) is 28.8 Å². The molecule has 0 unspecified atom stereocenters. The Bertz CT molecular complexity index is 1270. The molecule has 1 saturated heterocycles. The summed E-state index contributed by atoms with van der Waals surface area (Å²) in [6, 6.07) is 10.6. The van der Waals surface area contributed by atoms with Gasteiger partial charge in [-0.15, -0.1) is 0 Å². The molecular formula is C21H24ClN7O3S2. The number of nitrogens with zero attached hydrogens (tertiary/aromatic N) is 4. The molecular weight excluding hydrogens is 498 g/mol. The second-order valence-electron chi connectivity index (χ2n) is 7.39. The van der Waals surface area contributed by atoms with Crippen LogP contribution in [-0.4, -0.2) is 61.3 Å². The first kappa shape index (κ1) is 24.2. The van der Waals surface area contributed by atoms with E-state index < -0.39 is 10.0 Å². The van der Waals surface area contributed by atoms with Gasteiger partial charge in [0.15, 0.2) is 5.82 Å². The zero-order valence-electron chi connectivity index (χ0n) is 18.6. The lowest BCUT2D eigenvalue weighted by molar-refractivity contribution is 0.400. The van der Waals surface area contributed by atoms with Crippen LogP contribution >= 0.6 is 23.4 Å². The first-order valence-corrected chi connectivity index (χ1v) is 13.8. The van der Waals surface area contributed by atoms with Gasteiger partial charge in [-0.2, -0.15) is 21.7 Å². The largest absolute Gasteiger partial charge is 0.479 e. The van der Waals surface area contributed by atoms with Crippen molar-refractivity contribution >= 4 is 68.0 Å². The molecule has 4 rings (SSSR count). The average Bonchev–Trinajstić information content (AvgIpc) is 2.82. The van der Waals surface area contributed by atoms with E-state index in [4.69, 9.17) is 16.3 Å². The first-order chi connectivity index (χ1) is 16.3. The molecule has 1 aliphatic rings. The summed E-state index contributed by atoms with van der Waals surface area (Å²) in [6.07, 6.45) is 2.53. The quantitative estimate of drug-likeness (QED) is 0.401. The van der Waals surface area contributed by atoms with Crippen molar-refractivity contribution in [1.29, 1.82) is 0 Å². The molecule has 180 valence electrons. The summed E-state index contributed by atoms with van der Waals surface area (Å²) in [4.78, 5) is 15.6. The SMILES string of the molecule is COc1nc(N2CCSCC2)ccc1Nc1ncc(Cl)c(Nc2ccccc2NS(C)(=O)=O)n1. The highest BCUT2D eigenvalue weighted by molar-refractivity contribution is 7.99. The van der Waals surface area contributed by atoms with Crippen molar-refractivity contribution in [3.05, 3.63) is 47.6 Å². The van der Waals surface area contributed by atoms with Crippen LogP contribution in [0.2, 0.25) is 5.02 Å². The number of hydrogen-bond donors (Lipinski definition) is 3. The molecule has 34 heavy (non-hydrogen) atoms. The Morgan fingerprint density at radius 3 is 2.47 bits per heavy atom. The Morgan fingerprint density at radius 2 is 1.76 bits per heavy atom. The Labute approximate surface area is 207 Å². The van der Waals surface area contributed by atoms with Gasteiger partial charge in [0, 0.05) is 24.6 Å². The molecule has 0 bridgehead atoms. The molecule has 10 nitrogen and oxygen atoms in total. The van der Waals surface area contributed by atoms with Gasteiger partial charge in [-0.25, -0.2) is 13.4 Å². The number of benzene rings is 1. The number of methoxy groups -OCH3 is 1. The van der Waals surface area contributed by atoms with Gasteiger partial charge in [0.2, 0.25) is 21.9 Å². The Hall–Kier alpha value is -2.96. The first-order valence-electron chi connectivity index (χ1n) is 10.3. The molecule has 13 heteroatoms. The highest BCUT2D eigenvalue weighted by atomic mass is 35.5. The van der Waals surface area contributed by atoms with Crippen LogP contribution < -0.4 is 25.0 Å². The van der Waals surface area contributed by atoms with Crippen LogP contribution in [0.5, 0.6) is 5.88 Å². The van der Waals surface area contributed by atoms with Crippen molar-refractivity contribution in [1.82, 2.24) is 15.0 Å². The van der Waals surface area contributed by atoms with E-state index in [-0.39, 0.29) is 11.0 Å². The van der Waals surface area contributed by atoms with Crippen molar-refractivity contribution in [3.8, 4) is 5.88 Å². The van der Waals surface area contributed by atoms with Crippen molar-refractivity contribution in [2.45, 2.75) is 0 Å². The van der Waals surface area contributed by atoms with Crippen LogP contribution in [0, 0.1) is 0 Å². The standard InChI is InChI=1S/C21H24ClN7O3S2/c1-32-20-17(7-8-18(26-20)29-9-11-33-12-10-29)25-21-23-13-14(22)19(27-21)24-15-5-3-4-6-16(15)28-34(2,30)31/h3-8,13,28H,9-12H2,1-2H3,(H2,23,24,25,27). The molecule has 3 heterocycles. The molecule has 1 aliphatic heterocycles. The van der Waals surface area contributed by atoms with Crippen molar-refractivity contribution in [2.75, 3.05) is 58.2 Å². The van der Waals surface area contributed by atoms with E-state index in [1.807, 2.05) is 23.9 Å². The van der Waals surface area contributed by atoms with E-state index in [0.717, 1.165) is 36.7 Å². The molecule has 0 aliphatic carbocycles. The van der Waals surface area contributed by atoms with Gasteiger partial charge in [0.1, 0.15) is 16.5 Å². The predicted molar refractivity (Wildman–Crippen MR) is 139 cm³/mol. The van der Waals surface area contributed by atoms with Gasteiger partial charge in [-0.3, -0.25) is 4.72 Å². The highest BCUT2D eigenvalue weighted by Crippen LogP contribution is 2.32. The van der Waals surface area contributed by atoms with Crippen LogP contribution in [0.3, 0.4) is 0 Å². The number of pyridine rings is 1. The molecule has 2 aromatic heterocycles. The maximum Gasteiger partial charge on any atom is 0.239 e. The summed E-state index contributed by atoms with van der Waals surface area (Å²) in [5.41, 5.74) is 1.46. The fourth-order valence-electron chi connectivity index (χ4n) is 3.29. The zero-order chi connectivity index (χ0) is 24.1. The van der Waals surface area contributed by atoms with Crippen molar-refractivity contribution in [2.24, 2.45) is 0 Å². The van der Waals surface area contributed by atoms with Gasteiger partial charge in [-0.05, 0) is 24.3 Å². The lowest BCUT2D eigenvalue weighted by Crippen LogP contribution is -2.33. The average molecular weight is 522 g/mol. The number of ether oxygens (including phenoxy) is 1. The molecule has 1 fully saturated rings. The van der Waals surface area contributed by atoms with Gasteiger partial charge < -0.3 is 20.3 Å². The normalized spacial score (nSPS) is 13.9. The number of halogens is 1. The summed E-state index contributed by atoms with van der Waals surface area (Å²) in [5, 5.41) is 6.45. The van der Waals surface area contributed by atoms with Crippen LogP contribution in [0.4, 0.5) is 34.6 Å². The van der Waals surface area contributed by atoms with E-state index in [1.54, 1.807) is 31.4 Å². The van der Waals surface area contributed by atoms with E-state index in [1.165, 1.54) is 6.20 Å². The molecule has 0 amide bonds. The summed E-state index contributed by atoms with van der Waals surface area (Å²) in [6.45, 7) is 1.89.